The summed E-state index contributed by atoms with van der Waals surface area (Å²) in [5.41, 5.74) is 1.81. The Labute approximate surface area is 144 Å². The average Bonchev–Trinajstić information content (AvgIpc) is 3.09. The number of anilines is 1. The topological polar surface area (TPSA) is 44.7 Å². The first-order valence-corrected chi connectivity index (χ1v) is 7.80. The molecular weight excluding hydrogens is 341 g/mol. The van der Waals surface area contributed by atoms with Crippen molar-refractivity contribution in [2.45, 2.75) is 13.5 Å². The zero-order valence-corrected chi connectivity index (χ0v) is 14.3. The Morgan fingerprint density at radius 1 is 1.36 bits per heavy atom. The second-order valence-electron chi connectivity index (χ2n) is 4.74. The monoisotopic (exact) mass is 355 g/mol. The summed E-state index contributed by atoms with van der Waals surface area (Å²) in [6.07, 6.45) is 0. The summed E-state index contributed by atoms with van der Waals surface area (Å²) >= 11 is 7.75. The number of rotatable bonds is 3. The quantitative estimate of drug-likeness (QED) is 0.905. The molecule has 116 valence electrons. The van der Waals surface area contributed by atoms with Crippen LogP contribution >= 0.6 is 35.3 Å². The summed E-state index contributed by atoms with van der Waals surface area (Å²) in [5.74, 6) is 0.587. The fourth-order valence-electron chi connectivity index (χ4n) is 2.12. The SMILES string of the molecule is Cc1c(Cl)cccc1NC1=NCC(=O)N1Cc1cccs1.Cl. The standard InChI is InChI=1S/C15H14ClN3OS.ClH/c1-10-12(16)5-2-6-13(10)18-15-17-8-14(20)19(15)9-11-4-3-7-21-11;/h2-7H,8-9H2,1H3,(H,17,18);1H. The number of hydrogen-bond donors (Lipinski definition) is 1. The Morgan fingerprint density at radius 3 is 2.91 bits per heavy atom. The molecule has 0 fully saturated rings. The molecular formula is C15H15Cl2N3OS. The highest BCUT2D eigenvalue weighted by molar-refractivity contribution is 7.09. The second kappa shape index (κ2) is 7.13. The van der Waals surface area contributed by atoms with E-state index in [4.69, 9.17) is 11.6 Å². The van der Waals surface area contributed by atoms with Crippen molar-refractivity contribution in [1.82, 2.24) is 4.90 Å². The van der Waals surface area contributed by atoms with E-state index in [1.807, 2.05) is 42.6 Å². The number of nitrogens with zero attached hydrogens (tertiary/aromatic N) is 2. The van der Waals surface area contributed by atoms with E-state index in [0.717, 1.165) is 16.1 Å². The van der Waals surface area contributed by atoms with Crippen LogP contribution in [0.15, 0.2) is 40.7 Å². The van der Waals surface area contributed by atoms with E-state index in [2.05, 4.69) is 10.3 Å². The van der Waals surface area contributed by atoms with Gasteiger partial charge in [0.2, 0.25) is 5.96 Å². The van der Waals surface area contributed by atoms with Crippen LogP contribution in [0, 0.1) is 6.92 Å². The molecule has 1 aromatic carbocycles. The van der Waals surface area contributed by atoms with Crippen molar-refractivity contribution in [3.63, 3.8) is 0 Å². The van der Waals surface area contributed by atoms with Gasteiger partial charge in [0.15, 0.2) is 0 Å². The van der Waals surface area contributed by atoms with Crippen LogP contribution in [0.5, 0.6) is 0 Å². The number of guanidine groups is 1. The van der Waals surface area contributed by atoms with Crippen LogP contribution in [-0.4, -0.2) is 23.3 Å². The molecule has 2 heterocycles. The van der Waals surface area contributed by atoms with Crippen LogP contribution in [0.25, 0.3) is 0 Å². The number of carbonyl (C=O) groups is 1. The number of hydrogen-bond acceptors (Lipinski definition) is 4. The molecule has 1 aliphatic rings. The van der Waals surface area contributed by atoms with Crippen molar-refractivity contribution < 1.29 is 4.79 Å². The molecule has 7 heteroatoms. The molecule has 0 aliphatic carbocycles. The van der Waals surface area contributed by atoms with Crippen LogP contribution in [-0.2, 0) is 11.3 Å². The Kier molecular flexibility index (Phi) is 5.45. The van der Waals surface area contributed by atoms with E-state index >= 15 is 0 Å². The van der Waals surface area contributed by atoms with Gasteiger partial charge >= 0.3 is 0 Å². The first-order valence-electron chi connectivity index (χ1n) is 6.54. The van der Waals surface area contributed by atoms with Crippen molar-refractivity contribution >= 4 is 52.9 Å². The summed E-state index contributed by atoms with van der Waals surface area (Å²) in [5, 5.41) is 5.91. The number of amides is 1. The van der Waals surface area contributed by atoms with Crippen molar-refractivity contribution in [1.29, 1.82) is 0 Å². The largest absolute Gasteiger partial charge is 0.326 e. The van der Waals surface area contributed by atoms with Gasteiger partial charge < -0.3 is 5.32 Å². The predicted octanol–water partition coefficient (Wildman–Crippen LogP) is 3.94. The molecule has 4 nitrogen and oxygen atoms in total. The molecule has 0 unspecified atom stereocenters. The molecule has 1 amide bonds. The predicted molar refractivity (Wildman–Crippen MR) is 94.2 cm³/mol. The van der Waals surface area contributed by atoms with E-state index in [-0.39, 0.29) is 24.9 Å². The third-order valence-corrected chi connectivity index (χ3v) is 4.60. The summed E-state index contributed by atoms with van der Waals surface area (Å²) in [6.45, 7) is 2.67. The molecule has 0 spiro atoms. The minimum atomic E-state index is 0. The average molecular weight is 356 g/mol. The molecule has 1 N–H and O–H groups in total. The lowest BCUT2D eigenvalue weighted by molar-refractivity contribution is -0.125. The zero-order valence-electron chi connectivity index (χ0n) is 11.9. The Bertz CT molecular complexity index is 701. The van der Waals surface area contributed by atoms with Gasteiger partial charge in [0.25, 0.3) is 5.91 Å². The van der Waals surface area contributed by atoms with Gasteiger partial charge in [-0.15, -0.1) is 23.7 Å². The van der Waals surface area contributed by atoms with Gasteiger partial charge in [0, 0.05) is 15.6 Å². The maximum Gasteiger partial charge on any atom is 0.251 e. The second-order valence-corrected chi connectivity index (χ2v) is 6.18. The van der Waals surface area contributed by atoms with Gasteiger partial charge in [-0.2, -0.15) is 0 Å². The number of aliphatic imine (C=N–C) groups is 1. The van der Waals surface area contributed by atoms with Gasteiger partial charge in [-0.05, 0) is 36.1 Å². The normalized spacial score (nSPS) is 13.8. The molecule has 0 saturated carbocycles. The van der Waals surface area contributed by atoms with E-state index in [0.29, 0.717) is 17.5 Å². The minimum absolute atomic E-state index is 0. The summed E-state index contributed by atoms with van der Waals surface area (Å²) < 4.78 is 0. The van der Waals surface area contributed by atoms with E-state index in [9.17, 15) is 4.79 Å². The van der Waals surface area contributed by atoms with Crippen LogP contribution in [0.3, 0.4) is 0 Å². The third kappa shape index (κ3) is 3.43. The lowest BCUT2D eigenvalue weighted by Crippen LogP contribution is -2.36. The lowest BCUT2D eigenvalue weighted by Gasteiger charge is -2.19. The lowest BCUT2D eigenvalue weighted by atomic mass is 10.2. The van der Waals surface area contributed by atoms with Crippen LogP contribution < -0.4 is 5.32 Å². The molecule has 22 heavy (non-hydrogen) atoms. The summed E-state index contributed by atoms with van der Waals surface area (Å²) in [4.78, 5) is 19.1. The maximum atomic E-state index is 12.0. The van der Waals surface area contributed by atoms with E-state index in [1.54, 1.807) is 16.2 Å². The summed E-state index contributed by atoms with van der Waals surface area (Å²) in [6, 6.07) is 9.63. The third-order valence-electron chi connectivity index (χ3n) is 3.33. The molecule has 2 aromatic rings. The van der Waals surface area contributed by atoms with Gasteiger partial charge in [0.05, 0.1) is 6.54 Å². The van der Waals surface area contributed by atoms with Gasteiger partial charge in [0.1, 0.15) is 6.54 Å². The highest BCUT2D eigenvalue weighted by atomic mass is 35.5. The van der Waals surface area contributed by atoms with E-state index in [1.165, 1.54) is 0 Å². The number of benzene rings is 1. The van der Waals surface area contributed by atoms with E-state index < -0.39 is 0 Å². The zero-order chi connectivity index (χ0) is 14.8. The van der Waals surface area contributed by atoms with Gasteiger partial charge in [-0.1, -0.05) is 23.7 Å². The van der Waals surface area contributed by atoms with Gasteiger partial charge in [-0.3, -0.25) is 9.69 Å². The molecule has 1 aromatic heterocycles. The molecule has 0 atom stereocenters. The number of thiophene rings is 1. The molecule has 0 saturated heterocycles. The molecule has 0 radical (unpaired) electrons. The van der Waals surface area contributed by atoms with Crippen LogP contribution in [0.2, 0.25) is 5.02 Å². The highest BCUT2D eigenvalue weighted by Crippen LogP contribution is 2.24. The van der Waals surface area contributed by atoms with Crippen molar-refractivity contribution in [3.05, 3.63) is 51.2 Å². The molecule has 0 bridgehead atoms. The first kappa shape index (κ1) is 16.8. The number of carbonyl (C=O) groups excluding carboxylic acids is 1. The van der Waals surface area contributed by atoms with Gasteiger partial charge in [-0.25, -0.2) is 4.99 Å². The van der Waals surface area contributed by atoms with Crippen LogP contribution in [0.4, 0.5) is 5.69 Å². The smallest absolute Gasteiger partial charge is 0.251 e. The Morgan fingerprint density at radius 2 is 2.18 bits per heavy atom. The highest BCUT2D eigenvalue weighted by Gasteiger charge is 2.26. The van der Waals surface area contributed by atoms with Crippen molar-refractivity contribution in [3.8, 4) is 0 Å². The fourth-order valence-corrected chi connectivity index (χ4v) is 2.99. The molecule has 1 aliphatic heterocycles. The molecule has 3 rings (SSSR count). The van der Waals surface area contributed by atoms with Crippen molar-refractivity contribution in [2.75, 3.05) is 11.9 Å². The maximum absolute atomic E-state index is 12.0. The number of nitrogens with one attached hydrogen (secondary N) is 1. The summed E-state index contributed by atoms with van der Waals surface area (Å²) in [7, 11) is 0. The number of halogens is 2. The first-order chi connectivity index (χ1) is 10.1. The minimum Gasteiger partial charge on any atom is -0.326 e. The fraction of sp³-hybridized carbons (Fsp3) is 0.200. The van der Waals surface area contributed by atoms with Crippen molar-refractivity contribution in [2.24, 2.45) is 4.99 Å². The Balaban J connectivity index is 0.00000176. The Hall–Kier alpha value is -1.56. The van der Waals surface area contributed by atoms with Crippen LogP contribution in [0.1, 0.15) is 10.4 Å².